The predicted molar refractivity (Wildman–Crippen MR) is 87.6 cm³/mol. The molecule has 4 N–H and O–H groups in total. The highest BCUT2D eigenvalue weighted by molar-refractivity contribution is 5.71. The second-order valence-electron chi connectivity index (χ2n) is 5.35. The van der Waals surface area contributed by atoms with E-state index in [9.17, 15) is 5.11 Å². The van der Waals surface area contributed by atoms with Crippen molar-refractivity contribution in [2.75, 3.05) is 11.9 Å². The van der Waals surface area contributed by atoms with E-state index < -0.39 is 0 Å². The van der Waals surface area contributed by atoms with Gasteiger partial charge in [0.2, 0.25) is 0 Å². The molecule has 0 heterocycles. The topological polar surface area (TPSA) is 58.3 Å². The van der Waals surface area contributed by atoms with E-state index in [1.165, 1.54) is 0 Å². The molecule has 0 aliphatic heterocycles. The zero-order valence-electron chi connectivity index (χ0n) is 12.6. The van der Waals surface area contributed by atoms with Crippen molar-refractivity contribution in [1.82, 2.24) is 0 Å². The van der Waals surface area contributed by atoms with Gasteiger partial charge >= 0.3 is 0 Å². The third-order valence-electron chi connectivity index (χ3n) is 3.45. The van der Waals surface area contributed by atoms with Crippen LogP contribution in [0.4, 0.5) is 5.69 Å². The summed E-state index contributed by atoms with van der Waals surface area (Å²) in [4.78, 5) is 0. The van der Waals surface area contributed by atoms with Crippen LogP contribution in [0.15, 0.2) is 37.1 Å². The molecule has 0 saturated heterocycles. The number of benzene rings is 1. The molecule has 3 heteroatoms. The highest BCUT2D eigenvalue weighted by atomic mass is 16.3. The van der Waals surface area contributed by atoms with Crippen LogP contribution in [0, 0.1) is 5.92 Å². The van der Waals surface area contributed by atoms with Crippen molar-refractivity contribution in [2.45, 2.75) is 33.1 Å². The summed E-state index contributed by atoms with van der Waals surface area (Å²) in [5.74, 6) is 0.647. The molecule has 0 saturated carbocycles. The molecule has 1 atom stereocenters. The van der Waals surface area contributed by atoms with Crippen LogP contribution in [-0.4, -0.2) is 11.7 Å². The maximum absolute atomic E-state index is 9.77. The molecule has 110 valence electrons. The highest BCUT2D eigenvalue weighted by Crippen LogP contribution is 2.28. The number of nitrogens with two attached hydrogens (primary N) is 1. The normalized spacial score (nSPS) is 11.9. The summed E-state index contributed by atoms with van der Waals surface area (Å²) < 4.78 is 0. The van der Waals surface area contributed by atoms with Gasteiger partial charge in [0.05, 0.1) is 0 Å². The average molecular weight is 274 g/mol. The second-order valence-corrected chi connectivity index (χ2v) is 5.35. The fraction of sp³-hybridized carbons (Fsp3) is 0.412. The Kier molecular flexibility index (Phi) is 6.32. The molecule has 0 aromatic heterocycles. The summed E-state index contributed by atoms with van der Waals surface area (Å²) in [6, 6.07) is 5.42. The summed E-state index contributed by atoms with van der Waals surface area (Å²) in [6.45, 7) is 12.7. The molecule has 0 bridgehead atoms. The average Bonchev–Trinajstić information content (AvgIpc) is 2.40. The van der Waals surface area contributed by atoms with Crippen molar-refractivity contribution < 1.29 is 5.11 Å². The first-order valence-corrected chi connectivity index (χ1v) is 7.10. The maximum Gasteiger partial charge on any atom is 0.123 e. The number of anilines is 1. The van der Waals surface area contributed by atoms with Crippen molar-refractivity contribution >= 4 is 11.3 Å². The Morgan fingerprint density at radius 2 is 2.05 bits per heavy atom. The van der Waals surface area contributed by atoms with Gasteiger partial charge < -0.3 is 16.2 Å². The monoisotopic (exact) mass is 274 g/mol. The number of phenolic OH excluding ortho intramolecular Hbond substituents is 1. The Hall–Kier alpha value is -1.74. The van der Waals surface area contributed by atoms with Crippen LogP contribution in [0.2, 0.25) is 0 Å². The lowest BCUT2D eigenvalue weighted by atomic mass is 10.0. The third kappa shape index (κ3) is 4.74. The van der Waals surface area contributed by atoms with Crippen molar-refractivity contribution in [3.05, 3.63) is 42.6 Å². The van der Waals surface area contributed by atoms with Crippen LogP contribution < -0.4 is 11.1 Å². The van der Waals surface area contributed by atoms with Crippen LogP contribution in [0.5, 0.6) is 5.75 Å². The minimum atomic E-state index is 0.254. The third-order valence-corrected chi connectivity index (χ3v) is 3.45. The molecule has 0 unspecified atom stereocenters. The van der Waals surface area contributed by atoms with Gasteiger partial charge in [-0.15, -0.1) is 0 Å². The van der Waals surface area contributed by atoms with Gasteiger partial charge in [0.15, 0.2) is 0 Å². The molecule has 0 aliphatic rings. The number of unbranched alkanes of at least 4 members (excludes halogenated alkanes) is 1. The molecule has 20 heavy (non-hydrogen) atoms. The Balaban J connectivity index is 2.66. The highest BCUT2D eigenvalue weighted by Gasteiger charge is 2.08. The van der Waals surface area contributed by atoms with Crippen molar-refractivity contribution in [2.24, 2.45) is 11.7 Å². The minimum absolute atomic E-state index is 0.254. The smallest absolute Gasteiger partial charge is 0.123 e. The van der Waals surface area contributed by atoms with E-state index in [4.69, 9.17) is 5.73 Å². The molecule has 1 aromatic carbocycles. The fourth-order valence-electron chi connectivity index (χ4n) is 2.03. The van der Waals surface area contributed by atoms with Gasteiger partial charge in [0.25, 0.3) is 0 Å². The van der Waals surface area contributed by atoms with Crippen molar-refractivity contribution in [3.8, 4) is 5.75 Å². The summed E-state index contributed by atoms with van der Waals surface area (Å²) in [7, 11) is 0. The van der Waals surface area contributed by atoms with E-state index in [1.54, 1.807) is 6.07 Å². The summed E-state index contributed by atoms with van der Waals surface area (Å²) >= 11 is 0. The van der Waals surface area contributed by atoms with Gasteiger partial charge in [0.1, 0.15) is 5.75 Å². The zero-order chi connectivity index (χ0) is 15.1. The Labute approximate surface area is 122 Å². The minimum Gasteiger partial charge on any atom is -0.507 e. The number of hydrogen-bond donors (Lipinski definition) is 3. The van der Waals surface area contributed by atoms with Gasteiger partial charge in [-0.2, -0.15) is 0 Å². The predicted octanol–water partition coefficient (Wildman–Crippen LogP) is 4.12. The first-order valence-electron chi connectivity index (χ1n) is 7.10. The SMILES string of the molecule is C=C(C)c1cc(NC(=C)[C@@H](C)CCCCN)ccc1O. The molecule has 1 aromatic rings. The molecule has 0 spiro atoms. The number of aromatic hydroxyl groups is 1. The molecular weight excluding hydrogens is 248 g/mol. The molecule has 1 rings (SSSR count). The molecule has 0 amide bonds. The number of phenols is 1. The van der Waals surface area contributed by atoms with E-state index in [0.717, 1.165) is 48.3 Å². The van der Waals surface area contributed by atoms with Crippen molar-refractivity contribution in [3.63, 3.8) is 0 Å². The van der Waals surface area contributed by atoms with Crippen LogP contribution >= 0.6 is 0 Å². The fourth-order valence-corrected chi connectivity index (χ4v) is 2.03. The second kappa shape index (κ2) is 7.75. The first kappa shape index (κ1) is 16.3. The van der Waals surface area contributed by atoms with E-state index in [2.05, 4.69) is 25.4 Å². The summed E-state index contributed by atoms with van der Waals surface area (Å²) in [5, 5.41) is 13.1. The van der Waals surface area contributed by atoms with Crippen LogP contribution in [0.25, 0.3) is 5.57 Å². The van der Waals surface area contributed by atoms with Gasteiger partial charge in [-0.05, 0) is 56.0 Å². The van der Waals surface area contributed by atoms with Crippen LogP contribution in [0.3, 0.4) is 0 Å². The van der Waals surface area contributed by atoms with Gasteiger partial charge in [-0.25, -0.2) is 0 Å². The summed E-state index contributed by atoms with van der Waals surface area (Å²) in [6.07, 6.45) is 3.25. The lowest BCUT2D eigenvalue weighted by Gasteiger charge is -2.17. The summed E-state index contributed by atoms with van der Waals surface area (Å²) in [5.41, 5.74) is 9.02. The number of rotatable bonds is 8. The number of hydrogen-bond acceptors (Lipinski definition) is 3. The van der Waals surface area contributed by atoms with Crippen molar-refractivity contribution in [1.29, 1.82) is 0 Å². The van der Waals surface area contributed by atoms with E-state index in [1.807, 2.05) is 19.1 Å². The zero-order valence-corrected chi connectivity index (χ0v) is 12.6. The van der Waals surface area contributed by atoms with E-state index in [0.29, 0.717) is 5.92 Å². The largest absolute Gasteiger partial charge is 0.507 e. The van der Waals surface area contributed by atoms with E-state index in [-0.39, 0.29) is 5.75 Å². The molecule has 3 nitrogen and oxygen atoms in total. The standard InChI is InChI=1S/C17H26N2O/c1-12(2)16-11-15(8-9-17(16)20)19-14(4)13(3)7-5-6-10-18/h8-9,11,13,19-20H,1,4-7,10,18H2,2-3H3/t13-/m0/s1. The molecule has 0 radical (unpaired) electrons. The Morgan fingerprint density at radius 3 is 2.65 bits per heavy atom. The maximum atomic E-state index is 9.77. The van der Waals surface area contributed by atoms with Crippen LogP contribution in [-0.2, 0) is 0 Å². The van der Waals surface area contributed by atoms with Gasteiger partial charge in [-0.1, -0.05) is 26.5 Å². The lowest BCUT2D eigenvalue weighted by Crippen LogP contribution is -2.09. The molecule has 0 fully saturated rings. The van der Waals surface area contributed by atoms with E-state index >= 15 is 0 Å². The Bertz CT molecular complexity index is 480. The van der Waals surface area contributed by atoms with Crippen LogP contribution in [0.1, 0.15) is 38.7 Å². The first-order chi connectivity index (χ1) is 9.45. The van der Waals surface area contributed by atoms with Gasteiger partial charge in [0, 0.05) is 16.9 Å². The quantitative estimate of drug-likeness (QED) is 0.494. The number of allylic oxidation sites excluding steroid dienone is 2. The lowest BCUT2D eigenvalue weighted by molar-refractivity contribution is 0.473. The molecule has 0 aliphatic carbocycles. The molecular formula is C17H26N2O. The van der Waals surface area contributed by atoms with Gasteiger partial charge in [-0.3, -0.25) is 0 Å². The Morgan fingerprint density at radius 1 is 1.35 bits per heavy atom. The number of nitrogens with one attached hydrogen (secondary N) is 1.